The molecule has 1 saturated carbocycles. The molecule has 0 aromatic heterocycles. The number of carbonyl (C=O) groups is 1. The molecule has 1 amide bonds. The topological polar surface area (TPSA) is 59.0 Å². The molecule has 2 atom stereocenters. The molecule has 0 aromatic rings. The molecule has 0 unspecified atom stereocenters. The minimum absolute atomic E-state index is 0.303. The van der Waals surface area contributed by atoms with Crippen LogP contribution in [0.5, 0.6) is 0 Å². The van der Waals surface area contributed by atoms with Crippen molar-refractivity contribution in [2.24, 2.45) is 0 Å². The number of carbonyl (C=O) groups excluding carboxylic acids is 1. The molecule has 0 radical (unpaired) electrons. The standard InChI is InChI=1S/C16H29NO4/c1-5-13(18)12-11-20-16(9-7-6-8-10-16)17(12)14(19)21-15(2,3)4/h12-13,18H,5-11H2,1-4H3/t12-,13+/m1/s1. The normalized spacial score (nSPS) is 26.9. The molecular formula is C16H29NO4. The van der Waals surface area contributed by atoms with Gasteiger partial charge in [0.25, 0.3) is 0 Å². The highest BCUT2D eigenvalue weighted by Gasteiger charge is 2.53. The van der Waals surface area contributed by atoms with Crippen LogP contribution in [0.4, 0.5) is 4.79 Å². The number of hydrogen-bond acceptors (Lipinski definition) is 4. The monoisotopic (exact) mass is 299 g/mol. The second kappa shape index (κ2) is 6.13. The van der Waals surface area contributed by atoms with E-state index in [0.29, 0.717) is 13.0 Å². The van der Waals surface area contributed by atoms with Crippen molar-refractivity contribution >= 4 is 6.09 Å². The van der Waals surface area contributed by atoms with Gasteiger partial charge in [-0.3, -0.25) is 4.90 Å². The SMILES string of the molecule is CC[C@H](O)[C@H]1COC2(CCCCC2)N1C(=O)OC(C)(C)C. The summed E-state index contributed by atoms with van der Waals surface area (Å²) in [7, 11) is 0. The molecule has 1 heterocycles. The summed E-state index contributed by atoms with van der Waals surface area (Å²) in [5, 5.41) is 10.3. The lowest BCUT2D eigenvalue weighted by atomic mass is 9.90. The van der Waals surface area contributed by atoms with Crippen LogP contribution in [-0.4, -0.2) is 46.2 Å². The zero-order valence-corrected chi connectivity index (χ0v) is 13.7. The smallest absolute Gasteiger partial charge is 0.413 e. The first-order chi connectivity index (χ1) is 9.79. The number of aliphatic hydroxyl groups is 1. The molecule has 1 spiro atoms. The van der Waals surface area contributed by atoms with Crippen LogP contribution in [0.15, 0.2) is 0 Å². The van der Waals surface area contributed by atoms with Gasteiger partial charge in [0.2, 0.25) is 0 Å². The zero-order valence-electron chi connectivity index (χ0n) is 13.7. The first-order valence-electron chi connectivity index (χ1n) is 8.13. The fourth-order valence-electron chi connectivity index (χ4n) is 3.34. The van der Waals surface area contributed by atoms with Crippen molar-refractivity contribution in [3.05, 3.63) is 0 Å². The van der Waals surface area contributed by atoms with Crippen molar-refractivity contribution in [1.82, 2.24) is 4.90 Å². The number of aliphatic hydroxyl groups excluding tert-OH is 1. The van der Waals surface area contributed by atoms with Crippen molar-refractivity contribution in [3.63, 3.8) is 0 Å². The molecule has 0 bridgehead atoms. The summed E-state index contributed by atoms with van der Waals surface area (Å²) in [6, 6.07) is -0.303. The Morgan fingerprint density at radius 1 is 1.38 bits per heavy atom. The maximum atomic E-state index is 12.7. The summed E-state index contributed by atoms with van der Waals surface area (Å²) in [4.78, 5) is 14.4. The number of ether oxygens (including phenoxy) is 2. The van der Waals surface area contributed by atoms with Crippen molar-refractivity contribution < 1.29 is 19.4 Å². The second-order valence-corrected chi connectivity index (χ2v) is 7.21. The van der Waals surface area contributed by atoms with Gasteiger partial charge in [-0.25, -0.2) is 4.79 Å². The van der Waals surface area contributed by atoms with Crippen LogP contribution < -0.4 is 0 Å². The average Bonchev–Trinajstić information content (AvgIpc) is 2.76. The highest BCUT2D eigenvalue weighted by atomic mass is 16.6. The molecule has 5 nitrogen and oxygen atoms in total. The van der Waals surface area contributed by atoms with E-state index in [1.165, 1.54) is 6.42 Å². The molecule has 1 N–H and O–H groups in total. The molecule has 0 aromatic carbocycles. The quantitative estimate of drug-likeness (QED) is 0.851. The molecule has 122 valence electrons. The lowest BCUT2D eigenvalue weighted by molar-refractivity contribution is -0.111. The largest absolute Gasteiger partial charge is 0.444 e. The number of amides is 1. The van der Waals surface area contributed by atoms with Gasteiger partial charge in [-0.05, 0) is 52.9 Å². The molecular weight excluding hydrogens is 270 g/mol. The Kier molecular flexibility index (Phi) is 4.83. The van der Waals surface area contributed by atoms with Gasteiger partial charge in [0.05, 0.1) is 18.8 Å². The molecule has 2 fully saturated rings. The minimum Gasteiger partial charge on any atom is -0.444 e. The van der Waals surface area contributed by atoms with Crippen LogP contribution in [0.1, 0.15) is 66.2 Å². The first kappa shape index (κ1) is 16.6. The van der Waals surface area contributed by atoms with Crippen molar-refractivity contribution in [2.45, 2.75) is 89.7 Å². The van der Waals surface area contributed by atoms with E-state index in [2.05, 4.69) is 0 Å². The van der Waals surface area contributed by atoms with Gasteiger partial charge in [0, 0.05) is 0 Å². The van der Waals surface area contributed by atoms with Crippen molar-refractivity contribution in [3.8, 4) is 0 Å². The minimum atomic E-state index is -0.571. The Hall–Kier alpha value is -0.810. The van der Waals surface area contributed by atoms with Crippen LogP contribution in [0, 0.1) is 0 Å². The van der Waals surface area contributed by atoms with Crippen LogP contribution >= 0.6 is 0 Å². The predicted octanol–water partition coefficient (Wildman–Crippen LogP) is 3.05. The number of hydrogen-bond donors (Lipinski definition) is 1. The summed E-state index contributed by atoms with van der Waals surface area (Å²) in [5.41, 5.74) is -1.11. The first-order valence-corrected chi connectivity index (χ1v) is 8.13. The molecule has 2 aliphatic rings. The lowest BCUT2D eigenvalue weighted by Gasteiger charge is -2.42. The number of rotatable bonds is 2. The van der Waals surface area contributed by atoms with Gasteiger partial charge in [0.1, 0.15) is 11.3 Å². The summed E-state index contributed by atoms with van der Waals surface area (Å²) in [5.74, 6) is 0. The van der Waals surface area contributed by atoms with Crippen LogP contribution in [0.2, 0.25) is 0 Å². The van der Waals surface area contributed by atoms with E-state index >= 15 is 0 Å². The van der Waals surface area contributed by atoms with Crippen molar-refractivity contribution in [2.75, 3.05) is 6.61 Å². The molecule has 1 aliphatic carbocycles. The van der Waals surface area contributed by atoms with Gasteiger partial charge >= 0.3 is 6.09 Å². The maximum absolute atomic E-state index is 12.7. The van der Waals surface area contributed by atoms with E-state index in [1.54, 1.807) is 4.90 Å². The van der Waals surface area contributed by atoms with E-state index in [0.717, 1.165) is 25.7 Å². The summed E-state index contributed by atoms with van der Waals surface area (Å²) < 4.78 is 11.6. The van der Waals surface area contributed by atoms with E-state index in [-0.39, 0.29) is 12.1 Å². The fourth-order valence-corrected chi connectivity index (χ4v) is 3.34. The summed E-state index contributed by atoms with van der Waals surface area (Å²) in [6.07, 6.45) is 4.61. The third-order valence-corrected chi connectivity index (χ3v) is 4.38. The second-order valence-electron chi connectivity index (χ2n) is 7.21. The Bertz CT molecular complexity index is 371. The Balaban J connectivity index is 2.24. The fraction of sp³-hybridized carbons (Fsp3) is 0.938. The van der Waals surface area contributed by atoms with Gasteiger partial charge in [0.15, 0.2) is 0 Å². The predicted molar refractivity (Wildman–Crippen MR) is 79.9 cm³/mol. The highest BCUT2D eigenvalue weighted by Crippen LogP contribution is 2.42. The molecule has 1 aliphatic heterocycles. The third-order valence-electron chi connectivity index (χ3n) is 4.38. The van der Waals surface area contributed by atoms with Crippen molar-refractivity contribution in [1.29, 1.82) is 0 Å². The summed E-state index contributed by atoms with van der Waals surface area (Å²) >= 11 is 0. The third kappa shape index (κ3) is 3.51. The average molecular weight is 299 g/mol. The van der Waals surface area contributed by atoms with Gasteiger partial charge in [-0.2, -0.15) is 0 Å². The van der Waals surface area contributed by atoms with Gasteiger partial charge in [-0.15, -0.1) is 0 Å². The van der Waals surface area contributed by atoms with E-state index in [4.69, 9.17) is 9.47 Å². The van der Waals surface area contributed by atoms with Gasteiger partial charge in [-0.1, -0.05) is 13.3 Å². The summed E-state index contributed by atoms with van der Waals surface area (Å²) in [6.45, 7) is 7.90. The molecule has 5 heteroatoms. The lowest BCUT2D eigenvalue weighted by Crippen LogP contribution is -2.56. The van der Waals surface area contributed by atoms with E-state index < -0.39 is 17.4 Å². The Morgan fingerprint density at radius 3 is 2.52 bits per heavy atom. The highest BCUT2D eigenvalue weighted by molar-refractivity contribution is 5.70. The zero-order chi connectivity index (χ0) is 15.7. The van der Waals surface area contributed by atoms with Crippen LogP contribution in [-0.2, 0) is 9.47 Å². The Labute approximate surface area is 127 Å². The molecule has 2 rings (SSSR count). The number of nitrogens with zero attached hydrogens (tertiary/aromatic N) is 1. The van der Waals surface area contributed by atoms with Gasteiger partial charge < -0.3 is 14.6 Å². The Morgan fingerprint density at radius 2 is 2.00 bits per heavy atom. The van der Waals surface area contributed by atoms with Crippen LogP contribution in [0.3, 0.4) is 0 Å². The molecule has 1 saturated heterocycles. The van der Waals surface area contributed by atoms with E-state index in [1.807, 2.05) is 27.7 Å². The maximum Gasteiger partial charge on any atom is 0.413 e. The molecule has 21 heavy (non-hydrogen) atoms. The van der Waals surface area contributed by atoms with E-state index in [9.17, 15) is 9.90 Å². The van der Waals surface area contributed by atoms with Crippen LogP contribution in [0.25, 0.3) is 0 Å².